The van der Waals surface area contributed by atoms with E-state index >= 15 is 0 Å². The molecule has 0 saturated heterocycles. The zero-order valence-corrected chi connectivity index (χ0v) is 10.8. The lowest BCUT2D eigenvalue weighted by atomic mass is 10.1. The van der Waals surface area contributed by atoms with Gasteiger partial charge in [0.05, 0.1) is 0 Å². The highest BCUT2D eigenvalue weighted by atomic mass is 19.1. The van der Waals surface area contributed by atoms with Crippen molar-refractivity contribution in [1.82, 2.24) is 9.55 Å². The molecule has 0 amide bonds. The molecule has 3 rings (SSSR count). The smallest absolute Gasteiger partial charge is 0.140 e. The predicted octanol–water partition coefficient (Wildman–Crippen LogP) is 3.32. The lowest BCUT2D eigenvalue weighted by molar-refractivity contribution is 0.624. The second-order valence-corrected chi connectivity index (χ2v) is 4.64. The van der Waals surface area contributed by atoms with Crippen LogP contribution in [0.1, 0.15) is 5.56 Å². The van der Waals surface area contributed by atoms with Gasteiger partial charge in [-0.25, -0.2) is 9.37 Å². The topological polar surface area (TPSA) is 43.8 Å². The molecule has 4 heteroatoms. The number of aromatic nitrogens is 2. The highest BCUT2D eigenvalue weighted by Gasteiger charge is 2.07. The van der Waals surface area contributed by atoms with Crippen molar-refractivity contribution in [3.8, 4) is 11.4 Å². The Morgan fingerprint density at radius 1 is 1.10 bits per heavy atom. The third kappa shape index (κ3) is 2.54. The van der Waals surface area contributed by atoms with E-state index in [9.17, 15) is 4.39 Å². The maximum atomic E-state index is 13.4. The van der Waals surface area contributed by atoms with Crippen molar-refractivity contribution >= 4 is 5.69 Å². The Kier molecular flexibility index (Phi) is 3.21. The van der Waals surface area contributed by atoms with Gasteiger partial charge in [-0.15, -0.1) is 0 Å². The zero-order chi connectivity index (χ0) is 13.9. The first-order chi connectivity index (χ1) is 9.72. The van der Waals surface area contributed by atoms with Crippen LogP contribution in [-0.4, -0.2) is 9.55 Å². The molecule has 1 heterocycles. The van der Waals surface area contributed by atoms with Crippen molar-refractivity contribution in [3.63, 3.8) is 0 Å². The summed E-state index contributed by atoms with van der Waals surface area (Å²) in [7, 11) is 0. The summed E-state index contributed by atoms with van der Waals surface area (Å²) in [6.45, 7) is 0.534. The molecule has 3 nitrogen and oxygen atoms in total. The molecule has 2 aromatic carbocycles. The number of hydrogen-bond donors (Lipinski definition) is 1. The molecule has 20 heavy (non-hydrogen) atoms. The van der Waals surface area contributed by atoms with Crippen molar-refractivity contribution in [2.24, 2.45) is 0 Å². The molecular formula is C16H14FN3. The van der Waals surface area contributed by atoms with Crippen molar-refractivity contribution in [2.45, 2.75) is 6.54 Å². The van der Waals surface area contributed by atoms with E-state index in [0.717, 1.165) is 17.0 Å². The second kappa shape index (κ2) is 5.17. The van der Waals surface area contributed by atoms with Gasteiger partial charge < -0.3 is 10.3 Å². The van der Waals surface area contributed by atoms with Crippen LogP contribution in [0.4, 0.5) is 10.1 Å². The Morgan fingerprint density at radius 3 is 2.65 bits per heavy atom. The summed E-state index contributed by atoms with van der Waals surface area (Å²) >= 11 is 0. The maximum absolute atomic E-state index is 13.4. The maximum Gasteiger partial charge on any atom is 0.140 e. The van der Waals surface area contributed by atoms with Gasteiger partial charge in [-0.2, -0.15) is 0 Å². The SMILES string of the molecule is Nc1cc(F)cc(Cn2ccnc2-c2ccccc2)c1. The van der Waals surface area contributed by atoms with Crippen LogP contribution in [0, 0.1) is 5.82 Å². The number of rotatable bonds is 3. The van der Waals surface area contributed by atoms with E-state index in [-0.39, 0.29) is 5.82 Å². The van der Waals surface area contributed by atoms with E-state index < -0.39 is 0 Å². The Balaban J connectivity index is 1.94. The normalized spacial score (nSPS) is 10.7. The number of nitrogens with two attached hydrogens (primary N) is 1. The van der Waals surface area contributed by atoms with Gasteiger partial charge in [0.2, 0.25) is 0 Å². The minimum Gasteiger partial charge on any atom is -0.399 e. The van der Waals surface area contributed by atoms with E-state index in [1.807, 2.05) is 41.1 Å². The molecule has 100 valence electrons. The van der Waals surface area contributed by atoms with Gasteiger partial charge in [0.15, 0.2) is 0 Å². The van der Waals surface area contributed by atoms with Crippen LogP contribution < -0.4 is 5.73 Å². The van der Waals surface area contributed by atoms with Gasteiger partial charge in [0.1, 0.15) is 11.6 Å². The predicted molar refractivity (Wildman–Crippen MR) is 77.6 cm³/mol. The molecule has 0 bridgehead atoms. The monoisotopic (exact) mass is 267 g/mol. The molecule has 0 atom stereocenters. The average Bonchev–Trinajstić information content (AvgIpc) is 2.86. The molecule has 0 aliphatic rings. The molecule has 0 spiro atoms. The molecule has 0 radical (unpaired) electrons. The fourth-order valence-corrected chi connectivity index (χ4v) is 2.25. The highest BCUT2D eigenvalue weighted by Crippen LogP contribution is 2.19. The third-order valence-corrected chi connectivity index (χ3v) is 3.08. The zero-order valence-electron chi connectivity index (χ0n) is 10.8. The minimum atomic E-state index is -0.318. The number of imidazole rings is 1. The van der Waals surface area contributed by atoms with Gasteiger partial charge in [-0.3, -0.25) is 0 Å². The molecule has 2 N–H and O–H groups in total. The number of nitrogens with zero attached hydrogens (tertiary/aromatic N) is 2. The summed E-state index contributed by atoms with van der Waals surface area (Å²) in [6.07, 6.45) is 3.62. The van der Waals surface area contributed by atoms with Gasteiger partial charge in [0, 0.05) is 30.2 Å². The fourth-order valence-electron chi connectivity index (χ4n) is 2.25. The van der Waals surface area contributed by atoms with Crippen LogP contribution >= 0.6 is 0 Å². The Hall–Kier alpha value is -2.62. The third-order valence-electron chi connectivity index (χ3n) is 3.08. The first kappa shape index (κ1) is 12.4. The summed E-state index contributed by atoms with van der Waals surface area (Å²) in [4.78, 5) is 4.37. The summed E-state index contributed by atoms with van der Waals surface area (Å²) in [6, 6.07) is 14.5. The lowest BCUT2D eigenvalue weighted by Crippen LogP contribution is -2.02. The summed E-state index contributed by atoms with van der Waals surface area (Å²) in [5, 5.41) is 0. The molecule has 0 unspecified atom stereocenters. The standard InChI is InChI=1S/C16H14FN3/c17-14-8-12(9-15(18)10-14)11-20-7-6-19-16(20)13-4-2-1-3-5-13/h1-10H,11,18H2. The van der Waals surface area contributed by atoms with E-state index in [0.29, 0.717) is 12.2 Å². The van der Waals surface area contributed by atoms with Crippen LogP contribution in [-0.2, 0) is 6.54 Å². The molecule has 1 aromatic heterocycles. The molecule has 0 saturated carbocycles. The van der Waals surface area contributed by atoms with Crippen molar-refractivity contribution in [3.05, 3.63) is 72.3 Å². The number of anilines is 1. The van der Waals surface area contributed by atoms with E-state index in [2.05, 4.69) is 4.98 Å². The summed E-state index contributed by atoms with van der Waals surface area (Å²) in [5.74, 6) is 0.537. The van der Waals surface area contributed by atoms with Crippen LogP contribution in [0.25, 0.3) is 11.4 Å². The van der Waals surface area contributed by atoms with Crippen LogP contribution in [0.3, 0.4) is 0 Å². The van der Waals surface area contributed by atoms with Gasteiger partial charge in [0.25, 0.3) is 0 Å². The Bertz CT molecular complexity index is 699. The van der Waals surface area contributed by atoms with E-state index in [1.165, 1.54) is 12.1 Å². The fraction of sp³-hybridized carbons (Fsp3) is 0.0625. The average molecular weight is 267 g/mol. The quantitative estimate of drug-likeness (QED) is 0.740. The summed E-state index contributed by atoms with van der Waals surface area (Å²) in [5.41, 5.74) is 7.95. The Labute approximate surface area is 116 Å². The van der Waals surface area contributed by atoms with Crippen LogP contribution in [0.2, 0.25) is 0 Å². The van der Waals surface area contributed by atoms with Crippen LogP contribution in [0.5, 0.6) is 0 Å². The summed E-state index contributed by atoms with van der Waals surface area (Å²) < 4.78 is 15.4. The van der Waals surface area contributed by atoms with Crippen molar-refractivity contribution in [1.29, 1.82) is 0 Å². The van der Waals surface area contributed by atoms with Crippen LogP contribution in [0.15, 0.2) is 60.9 Å². The largest absolute Gasteiger partial charge is 0.399 e. The van der Waals surface area contributed by atoms with E-state index in [1.54, 1.807) is 12.3 Å². The molecule has 0 fully saturated rings. The Morgan fingerprint density at radius 2 is 1.90 bits per heavy atom. The van der Waals surface area contributed by atoms with Gasteiger partial charge in [-0.05, 0) is 23.8 Å². The lowest BCUT2D eigenvalue weighted by Gasteiger charge is -2.09. The number of nitrogen functional groups attached to an aromatic ring is 1. The number of hydrogen-bond acceptors (Lipinski definition) is 2. The van der Waals surface area contributed by atoms with Gasteiger partial charge in [-0.1, -0.05) is 30.3 Å². The molecule has 0 aliphatic carbocycles. The second-order valence-electron chi connectivity index (χ2n) is 4.64. The first-order valence-corrected chi connectivity index (χ1v) is 6.34. The molecule has 3 aromatic rings. The minimum absolute atomic E-state index is 0.318. The van der Waals surface area contributed by atoms with Gasteiger partial charge >= 0.3 is 0 Å². The number of halogens is 1. The molecule has 0 aliphatic heterocycles. The van der Waals surface area contributed by atoms with E-state index in [4.69, 9.17) is 5.73 Å². The number of benzene rings is 2. The highest BCUT2D eigenvalue weighted by molar-refractivity contribution is 5.55. The van der Waals surface area contributed by atoms with Crippen molar-refractivity contribution < 1.29 is 4.39 Å². The first-order valence-electron chi connectivity index (χ1n) is 6.34. The van der Waals surface area contributed by atoms with Crippen molar-refractivity contribution in [2.75, 3.05) is 5.73 Å². The molecular weight excluding hydrogens is 253 g/mol.